The van der Waals surface area contributed by atoms with Gasteiger partial charge in [0.2, 0.25) is 5.82 Å². The van der Waals surface area contributed by atoms with Crippen LogP contribution < -0.4 is 5.73 Å². The summed E-state index contributed by atoms with van der Waals surface area (Å²) in [5.41, 5.74) is 8.70. The van der Waals surface area contributed by atoms with Gasteiger partial charge >= 0.3 is 0 Å². The van der Waals surface area contributed by atoms with Crippen LogP contribution in [0.25, 0.3) is 39.4 Å². The molecule has 33 heavy (non-hydrogen) atoms. The van der Waals surface area contributed by atoms with Crippen molar-refractivity contribution in [2.75, 3.05) is 19.0 Å². The number of rotatable bonds is 6. The molecule has 0 atom stereocenters. The highest BCUT2D eigenvalue weighted by Gasteiger charge is 2.30. The minimum atomic E-state index is -1.36. The average Bonchev–Trinajstić information content (AvgIpc) is 3.51. The first kappa shape index (κ1) is 21.9. The lowest BCUT2D eigenvalue weighted by atomic mass is 10.00. The second-order valence-electron chi connectivity index (χ2n) is 7.76. The Hall–Kier alpha value is -2.88. The van der Waals surface area contributed by atoms with Crippen LogP contribution in [0, 0.1) is 0 Å². The lowest BCUT2D eigenvalue weighted by Crippen LogP contribution is -2.43. The molecule has 168 valence electrons. The summed E-state index contributed by atoms with van der Waals surface area (Å²) in [6.45, 7) is -0.893. The number of aromatic nitrogens is 2. The van der Waals surface area contributed by atoms with Crippen LogP contribution in [-0.2, 0) is 5.54 Å². The van der Waals surface area contributed by atoms with E-state index >= 15 is 0 Å². The van der Waals surface area contributed by atoms with Gasteiger partial charge < -0.3 is 24.9 Å². The molecule has 0 aliphatic carbocycles. The van der Waals surface area contributed by atoms with E-state index in [0.29, 0.717) is 28.1 Å². The number of thioether (sulfide) groups is 1. The van der Waals surface area contributed by atoms with Crippen molar-refractivity contribution in [2.45, 2.75) is 5.54 Å². The van der Waals surface area contributed by atoms with Crippen LogP contribution in [-0.4, -0.2) is 39.3 Å². The molecule has 0 unspecified atom stereocenters. The number of halogens is 1. The number of allylic oxidation sites excluding steroid dienone is 2. The van der Waals surface area contributed by atoms with Crippen molar-refractivity contribution in [1.29, 1.82) is 0 Å². The summed E-state index contributed by atoms with van der Waals surface area (Å²) in [5, 5.41) is 26.6. The van der Waals surface area contributed by atoms with E-state index in [4.69, 9.17) is 26.3 Å². The van der Waals surface area contributed by atoms with Crippen LogP contribution in [0.15, 0.2) is 69.0 Å². The van der Waals surface area contributed by atoms with Crippen LogP contribution in [0.4, 0.5) is 0 Å². The lowest BCUT2D eigenvalue weighted by molar-refractivity contribution is 0.105. The van der Waals surface area contributed by atoms with Crippen molar-refractivity contribution < 1.29 is 19.2 Å². The largest absolute Gasteiger partial charge is 0.459 e. The van der Waals surface area contributed by atoms with Crippen molar-refractivity contribution in [3.05, 3.63) is 76.4 Å². The number of aliphatic hydroxyl groups excluding tert-OH is 2. The van der Waals surface area contributed by atoms with Crippen molar-refractivity contribution >= 4 is 39.9 Å². The molecule has 2 aromatic heterocycles. The summed E-state index contributed by atoms with van der Waals surface area (Å²) >= 11 is 8.26. The van der Waals surface area contributed by atoms with E-state index in [-0.39, 0.29) is 0 Å². The third-order valence-electron chi connectivity index (χ3n) is 5.48. The third kappa shape index (κ3) is 4.12. The molecule has 0 radical (unpaired) electrons. The number of benzene rings is 2. The van der Waals surface area contributed by atoms with Crippen molar-refractivity contribution in [2.24, 2.45) is 5.73 Å². The molecular formula is C24H20ClN3O4S. The zero-order chi connectivity index (χ0) is 23.0. The van der Waals surface area contributed by atoms with Gasteiger partial charge in [0.25, 0.3) is 5.89 Å². The first-order valence-electron chi connectivity index (χ1n) is 10.2. The van der Waals surface area contributed by atoms with Crippen LogP contribution in [0.1, 0.15) is 11.3 Å². The van der Waals surface area contributed by atoms with Crippen LogP contribution in [0.3, 0.4) is 0 Å². The van der Waals surface area contributed by atoms with E-state index < -0.39 is 18.8 Å². The number of aliphatic hydroxyl groups is 2. The van der Waals surface area contributed by atoms with Gasteiger partial charge in [0.15, 0.2) is 0 Å². The van der Waals surface area contributed by atoms with Crippen molar-refractivity contribution in [3.8, 4) is 22.8 Å². The van der Waals surface area contributed by atoms with Crippen LogP contribution in [0.2, 0.25) is 5.02 Å². The minimum absolute atomic E-state index is 0.296. The molecule has 4 N–H and O–H groups in total. The standard InChI is InChI=1S/C24H20ClN3O4S/c25-19-9-15(3-5-18(19)16-2-1-7-33-11-16)23-27-22(28-32-23)14-4-6-20-17(8-14)10-21(31-20)24(26,12-29)13-30/h1-6,8-11,29-30H,7,12-13,26H2. The summed E-state index contributed by atoms with van der Waals surface area (Å²) < 4.78 is 11.2. The molecule has 0 bridgehead atoms. The van der Waals surface area contributed by atoms with E-state index in [2.05, 4.69) is 27.7 Å². The van der Waals surface area contributed by atoms with Gasteiger partial charge in [0.05, 0.1) is 13.2 Å². The van der Waals surface area contributed by atoms with E-state index in [1.807, 2.05) is 24.3 Å². The number of nitrogens with zero attached hydrogens (tertiary/aromatic N) is 2. The van der Waals surface area contributed by atoms with E-state index in [1.54, 1.807) is 30.0 Å². The number of hydrogen-bond acceptors (Lipinski definition) is 8. The van der Waals surface area contributed by atoms with E-state index in [0.717, 1.165) is 33.4 Å². The quantitative estimate of drug-likeness (QED) is 0.366. The van der Waals surface area contributed by atoms with Crippen LogP contribution >= 0.6 is 23.4 Å². The number of furan rings is 1. The van der Waals surface area contributed by atoms with Crippen molar-refractivity contribution in [3.63, 3.8) is 0 Å². The predicted octanol–water partition coefficient (Wildman–Crippen LogP) is 4.59. The Kier molecular flexibility index (Phi) is 5.86. The molecule has 5 rings (SSSR count). The smallest absolute Gasteiger partial charge is 0.258 e. The molecule has 9 heteroatoms. The number of nitrogens with two attached hydrogens (primary N) is 1. The number of hydrogen-bond donors (Lipinski definition) is 3. The summed E-state index contributed by atoms with van der Waals surface area (Å²) in [7, 11) is 0. The maximum absolute atomic E-state index is 9.52. The number of fused-ring (bicyclic) bond motifs is 1. The monoisotopic (exact) mass is 481 g/mol. The second-order valence-corrected chi connectivity index (χ2v) is 9.07. The first-order valence-corrected chi connectivity index (χ1v) is 11.6. The van der Waals surface area contributed by atoms with E-state index in [9.17, 15) is 10.2 Å². The van der Waals surface area contributed by atoms with Gasteiger partial charge in [-0.25, -0.2) is 0 Å². The Morgan fingerprint density at radius 1 is 1.09 bits per heavy atom. The first-order chi connectivity index (χ1) is 16.0. The van der Waals surface area contributed by atoms with Gasteiger partial charge in [-0.05, 0) is 47.4 Å². The molecule has 4 aromatic rings. The molecule has 0 amide bonds. The highest BCUT2D eigenvalue weighted by molar-refractivity contribution is 8.02. The third-order valence-corrected chi connectivity index (χ3v) is 6.60. The van der Waals surface area contributed by atoms with Gasteiger partial charge in [-0.1, -0.05) is 35.0 Å². The molecule has 0 fully saturated rings. The SMILES string of the molecule is NC(CO)(CO)c1cc2cc(-c3noc(-c4ccc(C5=CSCC=C5)c(Cl)c4)n3)ccc2o1. The molecule has 2 aromatic carbocycles. The molecule has 3 heterocycles. The normalized spacial score (nSPS) is 14.1. The minimum Gasteiger partial charge on any atom is -0.459 e. The molecule has 0 saturated heterocycles. The highest BCUT2D eigenvalue weighted by atomic mass is 35.5. The Balaban J connectivity index is 1.44. The Morgan fingerprint density at radius 3 is 2.64 bits per heavy atom. The van der Waals surface area contributed by atoms with Gasteiger partial charge in [-0.15, -0.1) is 11.8 Å². The molecule has 0 saturated carbocycles. The molecular weight excluding hydrogens is 462 g/mol. The highest BCUT2D eigenvalue weighted by Crippen LogP contribution is 2.34. The molecule has 7 nitrogen and oxygen atoms in total. The maximum Gasteiger partial charge on any atom is 0.258 e. The fourth-order valence-electron chi connectivity index (χ4n) is 3.53. The summed E-state index contributed by atoms with van der Waals surface area (Å²) in [6, 6.07) is 12.8. The molecule has 0 spiro atoms. The lowest BCUT2D eigenvalue weighted by Gasteiger charge is -2.21. The molecule has 1 aliphatic heterocycles. The average molecular weight is 482 g/mol. The summed E-state index contributed by atoms with van der Waals surface area (Å²) in [4.78, 5) is 4.52. The molecule has 1 aliphatic rings. The van der Waals surface area contributed by atoms with Gasteiger partial charge in [-0.3, -0.25) is 0 Å². The van der Waals surface area contributed by atoms with Crippen molar-refractivity contribution in [1.82, 2.24) is 10.1 Å². The Bertz CT molecular complexity index is 1390. The fraction of sp³-hybridized carbons (Fsp3) is 0.167. The van der Waals surface area contributed by atoms with Crippen LogP contribution in [0.5, 0.6) is 0 Å². The zero-order valence-electron chi connectivity index (χ0n) is 17.4. The Labute approximate surface area is 198 Å². The fourth-order valence-corrected chi connectivity index (χ4v) is 4.51. The Morgan fingerprint density at radius 2 is 1.91 bits per heavy atom. The summed E-state index contributed by atoms with van der Waals surface area (Å²) in [5.74, 6) is 2.03. The topological polar surface area (TPSA) is 119 Å². The van der Waals surface area contributed by atoms with E-state index in [1.165, 1.54) is 0 Å². The van der Waals surface area contributed by atoms with Gasteiger partial charge in [0, 0.05) is 32.9 Å². The predicted molar refractivity (Wildman–Crippen MR) is 130 cm³/mol. The van der Waals surface area contributed by atoms with Gasteiger partial charge in [-0.2, -0.15) is 4.98 Å². The second kappa shape index (κ2) is 8.81. The zero-order valence-corrected chi connectivity index (χ0v) is 18.9. The maximum atomic E-state index is 9.52. The summed E-state index contributed by atoms with van der Waals surface area (Å²) in [6.07, 6.45) is 4.17. The van der Waals surface area contributed by atoms with Gasteiger partial charge in [0.1, 0.15) is 16.9 Å².